The normalized spacial score (nSPS) is 18.3. The van der Waals surface area contributed by atoms with E-state index >= 15 is 0 Å². The van der Waals surface area contributed by atoms with Gasteiger partial charge in [0.15, 0.2) is 0 Å². The van der Waals surface area contributed by atoms with E-state index in [1.54, 1.807) is 4.90 Å². The fourth-order valence-electron chi connectivity index (χ4n) is 3.45. The Balaban J connectivity index is 2.08. The Kier molecular flexibility index (Phi) is 5.27. The minimum absolute atomic E-state index is 0.0166. The number of hydrogen-bond acceptors (Lipinski definition) is 2. The summed E-state index contributed by atoms with van der Waals surface area (Å²) in [5.74, 6) is -4.92. The van der Waals surface area contributed by atoms with Crippen LogP contribution in [0.4, 0.5) is 17.6 Å². The van der Waals surface area contributed by atoms with E-state index in [2.05, 4.69) is 0 Å². The molecule has 1 fully saturated rings. The fraction of sp³-hybridized carbons (Fsp3) is 0.316. The zero-order valence-corrected chi connectivity index (χ0v) is 13.8. The summed E-state index contributed by atoms with van der Waals surface area (Å²) in [5, 5.41) is 9.29. The van der Waals surface area contributed by atoms with Crippen LogP contribution >= 0.6 is 0 Å². The van der Waals surface area contributed by atoms with Gasteiger partial charge in [-0.25, -0.2) is 17.6 Å². The third-order valence-electron chi connectivity index (χ3n) is 4.68. The van der Waals surface area contributed by atoms with Gasteiger partial charge in [0.05, 0.1) is 12.0 Å². The summed E-state index contributed by atoms with van der Waals surface area (Å²) in [7, 11) is 0. The quantitative estimate of drug-likeness (QED) is 0.826. The van der Waals surface area contributed by atoms with E-state index < -0.39 is 41.2 Å². The molecule has 1 N–H and O–H groups in total. The second-order valence-electron chi connectivity index (χ2n) is 6.41. The molecular formula is C19H17F4NO2. The molecule has 0 aromatic heterocycles. The van der Waals surface area contributed by atoms with Gasteiger partial charge in [0.25, 0.3) is 0 Å². The molecule has 0 aliphatic carbocycles. The predicted octanol–water partition coefficient (Wildman–Crippen LogP) is 4.13. The molecule has 1 atom stereocenters. The lowest BCUT2D eigenvalue weighted by molar-refractivity contribution is -0.143. The maximum absolute atomic E-state index is 14.4. The molecule has 3 rings (SSSR count). The van der Waals surface area contributed by atoms with Crippen molar-refractivity contribution in [1.82, 2.24) is 4.90 Å². The molecule has 0 saturated carbocycles. The first kappa shape index (κ1) is 18.4. The first-order chi connectivity index (χ1) is 12.4. The van der Waals surface area contributed by atoms with Gasteiger partial charge < -0.3 is 5.11 Å². The first-order valence-electron chi connectivity index (χ1n) is 8.23. The van der Waals surface area contributed by atoms with Gasteiger partial charge in [-0.3, -0.25) is 9.69 Å². The molecule has 0 spiro atoms. The molecule has 1 aliphatic heterocycles. The second kappa shape index (κ2) is 7.45. The van der Waals surface area contributed by atoms with Crippen LogP contribution in [0.1, 0.15) is 30.0 Å². The third kappa shape index (κ3) is 3.72. The Morgan fingerprint density at radius 3 is 2.00 bits per heavy atom. The first-order valence-corrected chi connectivity index (χ1v) is 8.23. The molecule has 1 heterocycles. The summed E-state index contributed by atoms with van der Waals surface area (Å²) in [6, 6.07) is 4.96. The molecule has 1 aliphatic rings. The van der Waals surface area contributed by atoms with Crippen LogP contribution in [0.15, 0.2) is 36.4 Å². The molecule has 1 unspecified atom stereocenters. The van der Waals surface area contributed by atoms with Crippen molar-refractivity contribution in [2.75, 3.05) is 13.1 Å². The van der Waals surface area contributed by atoms with Crippen molar-refractivity contribution in [2.24, 2.45) is 5.92 Å². The van der Waals surface area contributed by atoms with Gasteiger partial charge in [-0.15, -0.1) is 0 Å². The second-order valence-corrected chi connectivity index (χ2v) is 6.41. The van der Waals surface area contributed by atoms with Gasteiger partial charge in [-0.1, -0.05) is 12.1 Å². The van der Waals surface area contributed by atoms with Crippen LogP contribution in [0.25, 0.3) is 0 Å². The zero-order valence-electron chi connectivity index (χ0n) is 13.8. The summed E-state index contributed by atoms with van der Waals surface area (Å²) in [4.78, 5) is 13.0. The number of piperidine rings is 1. The minimum Gasteiger partial charge on any atom is -0.481 e. The number of carbonyl (C=O) groups is 1. The Morgan fingerprint density at radius 2 is 1.54 bits per heavy atom. The highest BCUT2D eigenvalue weighted by Gasteiger charge is 2.33. The van der Waals surface area contributed by atoms with E-state index in [0.29, 0.717) is 31.5 Å². The van der Waals surface area contributed by atoms with E-state index in [1.165, 1.54) is 12.1 Å². The van der Waals surface area contributed by atoms with Gasteiger partial charge in [0, 0.05) is 29.8 Å². The predicted molar refractivity (Wildman–Crippen MR) is 86.5 cm³/mol. The van der Waals surface area contributed by atoms with Crippen LogP contribution in [-0.4, -0.2) is 29.1 Å². The van der Waals surface area contributed by atoms with E-state index in [9.17, 15) is 27.5 Å². The Hall–Kier alpha value is -2.41. The van der Waals surface area contributed by atoms with Crippen molar-refractivity contribution in [1.29, 1.82) is 0 Å². The van der Waals surface area contributed by atoms with E-state index in [-0.39, 0.29) is 17.7 Å². The third-order valence-corrected chi connectivity index (χ3v) is 4.68. The molecule has 26 heavy (non-hydrogen) atoms. The van der Waals surface area contributed by atoms with Crippen molar-refractivity contribution in [3.63, 3.8) is 0 Å². The lowest BCUT2D eigenvalue weighted by Gasteiger charge is -2.37. The highest BCUT2D eigenvalue weighted by Crippen LogP contribution is 2.35. The van der Waals surface area contributed by atoms with Gasteiger partial charge in [0.2, 0.25) is 0 Å². The van der Waals surface area contributed by atoms with E-state index in [4.69, 9.17) is 0 Å². The molecule has 0 radical (unpaired) electrons. The van der Waals surface area contributed by atoms with Gasteiger partial charge in [-0.05, 0) is 31.5 Å². The number of hydrogen-bond donors (Lipinski definition) is 1. The van der Waals surface area contributed by atoms with E-state index in [1.807, 2.05) is 0 Å². The number of nitrogens with zero attached hydrogens (tertiary/aromatic N) is 1. The fourth-order valence-corrected chi connectivity index (χ4v) is 3.45. The molecule has 2 aromatic rings. The highest BCUT2D eigenvalue weighted by molar-refractivity contribution is 5.70. The molecule has 1 saturated heterocycles. The number of likely N-dealkylation sites (tertiary alicyclic amines) is 1. The molecule has 0 bridgehead atoms. The van der Waals surface area contributed by atoms with Crippen molar-refractivity contribution in [3.8, 4) is 0 Å². The van der Waals surface area contributed by atoms with Crippen LogP contribution in [0.3, 0.4) is 0 Å². The monoisotopic (exact) mass is 367 g/mol. The summed E-state index contributed by atoms with van der Waals surface area (Å²) in [5.41, 5.74) is 0.0332. The maximum Gasteiger partial charge on any atom is 0.307 e. The van der Waals surface area contributed by atoms with Gasteiger partial charge in [-0.2, -0.15) is 0 Å². The molecule has 2 aromatic carbocycles. The smallest absolute Gasteiger partial charge is 0.307 e. The standard InChI is InChI=1S/C19H17F4NO2/c20-12-3-5-14(16(22)8-12)18(15-6-4-13(21)9-17(15)23)24-7-1-2-11(10-24)19(25)26/h3-6,8-9,11,18H,1-2,7,10H2,(H,25,26). The average Bonchev–Trinajstić information content (AvgIpc) is 2.59. The Morgan fingerprint density at radius 1 is 1.00 bits per heavy atom. The number of aliphatic carboxylic acids is 1. The lowest BCUT2D eigenvalue weighted by atomic mass is 9.91. The lowest BCUT2D eigenvalue weighted by Crippen LogP contribution is -2.41. The van der Waals surface area contributed by atoms with Crippen molar-refractivity contribution >= 4 is 5.97 Å². The van der Waals surface area contributed by atoms with Gasteiger partial charge in [0.1, 0.15) is 23.3 Å². The van der Waals surface area contributed by atoms with Crippen LogP contribution in [-0.2, 0) is 4.79 Å². The highest BCUT2D eigenvalue weighted by atomic mass is 19.1. The number of carboxylic acid groups (broad SMARTS) is 1. The minimum atomic E-state index is -0.979. The van der Waals surface area contributed by atoms with Crippen LogP contribution in [0, 0.1) is 29.2 Å². The molecular weight excluding hydrogens is 350 g/mol. The largest absolute Gasteiger partial charge is 0.481 e. The van der Waals surface area contributed by atoms with Crippen LogP contribution in [0.2, 0.25) is 0 Å². The number of benzene rings is 2. The summed E-state index contributed by atoms with van der Waals surface area (Å²) >= 11 is 0. The molecule has 138 valence electrons. The SMILES string of the molecule is O=C(O)C1CCCN(C(c2ccc(F)cc2F)c2ccc(F)cc2F)C1. The number of rotatable bonds is 4. The van der Waals surface area contributed by atoms with Crippen molar-refractivity contribution < 1.29 is 27.5 Å². The van der Waals surface area contributed by atoms with Crippen molar-refractivity contribution in [2.45, 2.75) is 18.9 Å². The van der Waals surface area contributed by atoms with Crippen LogP contribution in [0.5, 0.6) is 0 Å². The van der Waals surface area contributed by atoms with E-state index in [0.717, 1.165) is 12.1 Å². The Labute approximate surface area is 147 Å². The zero-order chi connectivity index (χ0) is 18.8. The maximum atomic E-state index is 14.4. The number of carboxylic acids is 1. The topological polar surface area (TPSA) is 40.5 Å². The number of halogens is 4. The summed E-state index contributed by atoms with van der Waals surface area (Å²) in [6.07, 6.45) is 1.01. The molecule has 0 amide bonds. The van der Waals surface area contributed by atoms with Crippen molar-refractivity contribution in [3.05, 3.63) is 70.8 Å². The summed E-state index contributed by atoms with van der Waals surface area (Å²) < 4.78 is 55.5. The molecule has 3 nitrogen and oxygen atoms in total. The molecule has 7 heteroatoms. The average molecular weight is 367 g/mol. The van der Waals surface area contributed by atoms with Gasteiger partial charge >= 0.3 is 5.97 Å². The summed E-state index contributed by atoms with van der Waals surface area (Å²) in [6.45, 7) is 0.510. The van der Waals surface area contributed by atoms with Crippen LogP contribution < -0.4 is 0 Å². The Bertz CT molecular complexity index is 776.